The van der Waals surface area contributed by atoms with Gasteiger partial charge in [-0.25, -0.2) is 0 Å². The Bertz CT molecular complexity index is 842. The van der Waals surface area contributed by atoms with Crippen molar-refractivity contribution in [3.8, 4) is 0 Å². The minimum absolute atomic E-state index is 0.0672. The monoisotopic (exact) mass is 395 g/mol. The maximum Gasteiger partial charge on any atom is 0.146 e. The number of aliphatic hydroxyl groups excluding tert-OH is 1. The van der Waals surface area contributed by atoms with Gasteiger partial charge in [-0.05, 0) is 29.9 Å². The molecule has 0 amide bonds. The SMILES string of the molecule is C=Cc1nn(C(=C)/C(O)=C(\C=C\C)C(C)(C)C)nc1/C=C/S.c1ccccc1. The molecule has 0 bridgehead atoms. The molecule has 0 saturated heterocycles. The first kappa shape index (κ1) is 23.2. The van der Waals surface area contributed by atoms with Gasteiger partial charge in [0.25, 0.3) is 0 Å². The quantitative estimate of drug-likeness (QED) is 0.349. The molecule has 0 atom stereocenters. The van der Waals surface area contributed by atoms with Crippen LogP contribution in [-0.2, 0) is 0 Å². The van der Waals surface area contributed by atoms with Crippen LogP contribution in [0.15, 0.2) is 78.4 Å². The highest BCUT2D eigenvalue weighted by atomic mass is 32.1. The minimum Gasteiger partial charge on any atom is -0.505 e. The van der Waals surface area contributed by atoms with Gasteiger partial charge in [0.2, 0.25) is 0 Å². The van der Waals surface area contributed by atoms with Crippen molar-refractivity contribution in [3.05, 3.63) is 89.8 Å². The Morgan fingerprint density at radius 1 is 1.07 bits per heavy atom. The lowest BCUT2D eigenvalue weighted by Crippen LogP contribution is -2.13. The summed E-state index contributed by atoms with van der Waals surface area (Å²) in [5.41, 5.74) is 2.06. The minimum atomic E-state index is -0.234. The van der Waals surface area contributed by atoms with Gasteiger partial charge in [-0.2, -0.15) is 12.6 Å². The Morgan fingerprint density at radius 2 is 1.57 bits per heavy atom. The summed E-state index contributed by atoms with van der Waals surface area (Å²) >= 11 is 4.04. The predicted octanol–water partition coefficient (Wildman–Crippen LogP) is 6.41. The molecule has 2 rings (SSSR count). The molecule has 0 aliphatic carbocycles. The lowest BCUT2D eigenvalue weighted by Gasteiger charge is -2.22. The summed E-state index contributed by atoms with van der Waals surface area (Å²) in [4.78, 5) is 1.31. The zero-order valence-electron chi connectivity index (χ0n) is 17.0. The Hall–Kier alpha value is -2.79. The second-order valence-corrected chi connectivity index (χ2v) is 7.19. The number of nitrogens with zero attached hydrogens (tertiary/aromatic N) is 3. The van der Waals surface area contributed by atoms with E-state index in [0.29, 0.717) is 17.1 Å². The van der Waals surface area contributed by atoms with Gasteiger partial charge in [0, 0.05) is 5.57 Å². The molecule has 1 heterocycles. The van der Waals surface area contributed by atoms with E-state index in [-0.39, 0.29) is 11.2 Å². The summed E-state index contributed by atoms with van der Waals surface area (Å²) in [5, 5.41) is 20.7. The molecule has 148 valence electrons. The fourth-order valence-corrected chi connectivity index (χ4v) is 2.41. The van der Waals surface area contributed by atoms with Gasteiger partial charge < -0.3 is 5.11 Å². The average Bonchev–Trinajstić information content (AvgIpc) is 3.09. The molecular formula is C23H29N3OS. The third kappa shape index (κ3) is 6.74. The molecule has 0 radical (unpaired) electrons. The largest absolute Gasteiger partial charge is 0.505 e. The summed E-state index contributed by atoms with van der Waals surface area (Å²) in [7, 11) is 0. The van der Waals surface area contributed by atoms with Crippen LogP contribution in [0.3, 0.4) is 0 Å². The van der Waals surface area contributed by atoms with Gasteiger partial charge in [0.1, 0.15) is 22.8 Å². The van der Waals surface area contributed by atoms with Crippen LogP contribution in [0.4, 0.5) is 0 Å². The van der Waals surface area contributed by atoms with Crippen molar-refractivity contribution in [2.24, 2.45) is 5.41 Å². The van der Waals surface area contributed by atoms with E-state index in [4.69, 9.17) is 0 Å². The first-order valence-corrected chi connectivity index (χ1v) is 9.44. The number of hydrogen-bond donors (Lipinski definition) is 2. The van der Waals surface area contributed by atoms with Gasteiger partial charge in [-0.15, -0.1) is 15.0 Å². The van der Waals surface area contributed by atoms with Crippen LogP contribution in [0.25, 0.3) is 17.8 Å². The maximum atomic E-state index is 10.6. The molecule has 0 saturated carbocycles. The molecule has 1 aromatic heterocycles. The molecule has 1 aromatic carbocycles. The summed E-state index contributed by atoms with van der Waals surface area (Å²) in [6, 6.07) is 12.0. The van der Waals surface area contributed by atoms with Gasteiger partial charge in [-0.1, -0.05) is 82.5 Å². The highest BCUT2D eigenvalue weighted by Gasteiger charge is 2.22. The molecule has 0 unspecified atom stereocenters. The van der Waals surface area contributed by atoms with E-state index in [9.17, 15) is 5.11 Å². The number of benzene rings is 1. The number of hydrogen-bond acceptors (Lipinski definition) is 4. The molecule has 0 aliphatic rings. The van der Waals surface area contributed by atoms with E-state index < -0.39 is 0 Å². The van der Waals surface area contributed by atoms with Crippen LogP contribution in [0.5, 0.6) is 0 Å². The van der Waals surface area contributed by atoms with Crippen LogP contribution < -0.4 is 0 Å². The predicted molar refractivity (Wildman–Crippen MR) is 124 cm³/mol. The molecule has 4 nitrogen and oxygen atoms in total. The lowest BCUT2D eigenvalue weighted by molar-refractivity contribution is 0.394. The van der Waals surface area contributed by atoms with Crippen molar-refractivity contribution < 1.29 is 5.11 Å². The molecule has 0 spiro atoms. The number of rotatable bonds is 5. The molecule has 1 N–H and O–H groups in total. The van der Waals surface area contributed by atoms with E-state index in [1.807, 2.05) is 76.2 Å². The van der Waals surface area contributed by atoms with Gasteiger partial charge >= 0.3 is 0 Å². The van der Waals surface area contributed by atoms with E-state index in [1.165, 1.54) is 4.80 Å². The normalized spacial score (nSPS) is 12.5. The van der Waals surface area contributed by atoms with Crippen molar-refractivity contribution in [1.29, 1.82) is 0 Å². The molecule has 0 fully saturated rings. The first-order chi connectivity index (χ1) is 13.3. The average molecular weight is 396 g/mol. The third-order valence-corrected chi connectivity index (χ3v) is 3.82. The Balaban J connectivity index is 0.000000552. The third-order valence-electron chi connectivity index (χ3n) is 3.67. The van der Waals surface area contributed by atoms with E-state index >= 15 is 0 Å². The fraction of sp³-hybridized carbons (Fsp3) is 0.217. The molecular weight excluding hydrogens is 366 g/mol. The highest BCUT2D eigenvalue weighted by Crippen LogP contribution is 2.31. The summed E-state index contributed by atoms with van der Waals surface area (Å²) in [6.45, 7) is 15.6. The number of aromatic nitrogens is 3. The number of thiol groups is 1. The van der Waals surface area contributed by atoms with E-state index in [0.717, 1.165) is 5.57 Å². The Kier molecular flexibility index (Phi) is 9.25. The van der Waals surface area contributed by atoms with Crippen LogP contribution in [0, 0.1) is 5.41 Å². The van der Waals surface area contributed by atoms with E-state index in [2.05, 4.69) is 36.0 Å². The number of aliphatic hydroxyl groups is 1. The van der Waals surface area contributed by atoms with Crippen molar-refractivity contribution in [2.75, 3.05) is 0 Å². The lowest BCUT2D eigenvalue weighted by atomic mass is 9.85. The highest BCUT2D eigenvalue weighted by molar-refractivity contribution is 7.83. The second-order valence-electron chi connectivity index (χ2n) is 6.89. The second kappa shape index (κ2) is 11.1. The summed E-state index contributed by atoms with van der Waals surface area (Å²) < 4.78 is 0. The Labute approximate surface area is 173 Å². The zero-order chi connectivity index (χ0) is 21.2. The molecule has 0 aliphatic heterocycles. The zero-order valence-corrected chi connectivity index (χ0v) is 17.9. The Morgan fingerprint density at radius 3 is 1.96 bits per heavy atom. The van der Waals surface area contributed by atoms with Crippen LogP contribution in [-0.4, -0.2) is 20.1 Å². The van der Waals surface area contributed by atoms with Crippen molar-refractivity contribution in [2.45, 2.75) is 27.7 Å². The first-order valence-electron chi connectivity index (χ1n) is 8.92. The smallest absolute Gasteiger partial charge is 0.146 e. The van der Waals surface area contributed by atoms with Gasteiger partial charge in [0.15, 0.2) is 0 Å². The number of allylic oxidation sites excluding steroid dienone is 4. The fourth-order valence-electron chi connectivity index (χ4n) is 2.27. The van der Waals surface area contributed by atoms with Gasteiger partial charge in [-0.3, -0.25) is 0 Å². The maximum absolute atomic E-state index is 10.6. The molecule has 2 aromatic rings. The van der Waals surface area contributed by atoms with Crippen LogP contribution in [0.2, 0.25) is 0 Å². The van der Waals surface area contributed by atoms with E-state index in [1.54, 1.807) is 17.6 Å². The van der Waals surface area contributed by atoms with Crippen LogP contribution >= 0.6 is 12.6 Å². The molecule has 28 heavy (non-hydrogen) atoms. The molecule has 5 heteroatoms. The van der Waals surface area contributed by atoms with Crippen molar-refractivity contribution in [3.63, 3.8) is 0 Å². The van der Waals surface area contributed by atoms with Crippen molar-refractivity contribution >= 4 is 30.5 Å². The van der Waals surface area contributed by atoms with Crippen molar-refractivity contribution in [1.82, 2.24) is 15.0 Å². The van der Waals surface area contributed by atoms with Crippen LogP contribution in [0.1, 0.15) is 39.1 Å². The summed E-state index contributed by atoms with van der Waals surface area (Å²) in [6.07, 6.45) is 7.04. The summed E-state index contributed by atoms with van der Waals surface area (Å²) in [5.74, 6) is 0.0672. The topological polar surface area (TPSA) is 50.9 Å². The standard InChI is InChI=1S/C17H23N3OS.C6H6/c1-7-9-13(17(4,5)6)16(21)12(3)20-18-14(8-2)15(19-20)10-11-22;1-2-4-6-5-3-1/h7-11,21-22H,2-3H2,1,4-6H3;1-6H/b9-7+,11-10+,16-13-;. The van der Waals surface area contributed by atoms with Gasteiger partial charge in [0.05, 0.1) is 0 Å².